The minimum atomic E-state index is -2.61. The van der Waals surface area contributed by atoms with E-state index < -0.39 is 6.43 Å². The largest absolute Gasteiger partial charge is 0.489 e. The number of nitrogens with one attached hydrogen (secondary N) is 1. The number of carbonyl (C=O) groups excluding carboxylic acids is 1. The first-order valence-electron chi connectivity index (χ1n) is 11.8. The molecular formula is C26H29F2N5O2. The van der Waals surface area contributed by atoms with Gasteiger partial charge in [-0.3, -0.25) is 4.68 Å². The third-order valence-electron chi connectivity index (χ3n) is 6.64. The van der Waals surface area contributed by atoms with E-state index in [1.54, 1.807) is 42.1 Å². The lowest BCUT2D eigenvalue weighted by Gasteiger charge is -2.33. The van der Waals surface area contributed by atoms with Crippen LogP contribution in [0.3, 0.4) is 0 Å². The standard InChI is InChI=1S/C26H29F2N5O2/c1-16-13-32(26(34)29-2)15-18-9-20(6-7-24(18)35-16)33-8-4-5-17-10-21(19-12-30-31(3)14-19)22(25(27)28)11-23(17)33/h6-7,9-12,14,16,25H,4-5,8,13,15H2,1-3H3,(H,29,34). The van der Waals surface area contributed by atoms with Gasteiger partial charge in [-0.15, -0.1) is 0 Å². The second kappa shape index (κ2) is 9.20. The molecule has 1 aromatic heterocycles. The first-order chi connectivity index (χ1) is 16.8. The van der Waals surface area contributed by atoms with Gasteiger partial charge in [0.25, 0.3) is 6.43 Å². The summed E-state index contributed by atoms with van der Waals surface area (Å²) < 4.78 is 36.0. The van der Waals surface area contributed by atoms with E-state index in [1.807, 2.05) is 31.2 Å². The van der Waals surface area contributed by atoms with Gasteiger partial charge in [0.05, 0.1) is 19.3 Å². The highest BCUT2D eigenvalue weighted by molar-refractivity contribution is 5.77. The van der Waals surface area contributed by atoms with Crippen molar-refractivity contribution in [3.8, 4) is 16.9 Å². The second-order valence-electron chi connectivity index (χ2n) is 9.18. The normalized spacial score (nSPS) is 17.5. The summed E-state index contributed by atoms with van der Waals surface area (Å²) in [6.07, 6.45) is 2.36. The number of urea groups is 1. The fourth-order valence-corrected chi connectivity index (χ4v) is 5.03. The van der Waals surface area contributed by atoms with Crippen LogP contribution in [0.15, 0.2) is 42.7 Å². The topological polar surface area (TPSA) is 62.6 Å². The number of aromatic nitrogens is 2. The van der Waals surface area contributed by atoms with Gasteiger partial charge in [-0.05, 0) is 61.2 Å². The Labute approximate surface area is 203 Å². The van der Waals surface area contributed by atoms with Crippen LogP contribution in [0.1, 0.15) is 36.5 Å². The molecule has 2 amide bonds. The molecule has 1 unspecified atom stereocenters. The summed E-state index contributed by atoms with van der Waals surface area (Å²) in [6.45, 7) is 3.55. The zero-order chi connectivity index (χ0) is 24.7. The summed E-state index contributed by atoms with van der Waals surface area (Å²) in [5, 5.41) is 6.85. The van der Waals surface area contributed by atoms with Crippen molar-refractivity contribution >= 4 is 17.4 Å². The van der Waals surface area contributed by atoms with E-state index in [9.17, 15) is 13.6 Å². The lowest BCUT2D eigenvalue weighted by molar-refractivity contribution is 0.152. The number of halogens is 2. The number of amides is 2. The SMILES string of the molecule is CNC(=O)N1Cc2cc(N3CCCc4cc(-c5cnn(C)c5)c(C(F)F)cc43)ccc2OC(C)C1. The second-order valence-corrected chi connectivity index (χ2v) is 9.18. The molecule has 2 aliphatic rings. The zero-order valence-corrected chi connectivity index (χ0v) is 20.1. The maximum Gasteiger partial charge on any atom is 0.317 e. The molecular weight excluding hydrogens is 452 g/mol. The number of anilines is 2. The Morgan fingerprint density at radius 1 is 1.23 bits per heavy atom. The molecule has 0 saturated heterocycles. The Bertz CT molecular complexity index is 1260. The predicted molar refractivity (Wildman–Crippen MR) is 130 cm³/mol. The summed E-state index contributed by atoms with van der Waals surface area (Å²) in [7, 11) is 3.39. The summed E-state index contributed by atoms with van der Waals surface area (Å²) in [6, 6.07) is 9.25. The van der Waals surface area contributed by atoms with Crippen LogP contribution >= 0.6 is 0 Å². The van der Waals surface area contributed by atoms with Crippen LogP contribution in [-0.2, 0) is 20.0 Å². The van der Waals surface area contributed by atoms with Crippen LogP contribution in [-0.4, -0.2) is 47.0 Å². The predicted octanol–water partition coefficient (Wildman–Crippen LogP) is 5.03. The number of aryl methyl sites for hydroxylation is 2. The summed E-state index contributed by atoms with van der Waals surface area (Å²) in [4.78, 5) is 16.2. The molecule has 0 bridgehead atoms. The van der Waals surface area contributed by atoms with Crippen LogP contribution in [0.2, 0.25) is 0 Å². The van der Waals surface area contributed by atoms with Gasteiger partial charge < -0.3 is 19.9 Å². The minimum absolute atomic E-state index is 0.00126. The molecule has 1 atom stereocenters. The maximum absolute atomic E-state index is 14.2. The Hall–Kier alpha value is -3.62. The molecule has 9 heteroatoms. The smallest absolute Gasteiger partial charge is 0.317 e. The Balaban J connectivity index is 1.55. The highest BCUT2D eigenvalue weighted by Crippen LogP contribution is 2.42. The fourth-order valence-electron chi connectivity index (χ4n) is 5.03. The molecule has 7 nitrogen and oxygen atoms in total. The molecule has 184 valence electrons. The number of hydrogen-bond acceptors (Lipinski definition) is 4. The van der Waals surface area contributed by atoms with E-state index in [-0.39, 0.29) is 17.7 Å². The van der Waals surface area contributed by atoms with E-state index in [1.165, 1.54) is 0 Å². The number of carbonyl (C=O) groups is 1. The number of fused-ring (bicyclic) bond motifs is 2. The summed E-state index contributed by atoms with van der Waals surface area (Å²) in [5.74, 6) is 0.741. The van der Waals surface area contributed by atoms with E-state index in [2.05, 4.69) is 15.3 Å². The van der Waals surface area contributed by atoms with Crippen LogP contribution in [0.5, 0.6) is 5.75 Å². The quantitative estimate of drug-likeness (QED) is 0.570. The van der Waals surface area contributed by atoms with Crippen molar-refractivity contribution in [2.24, 2.45) is 7.05 Å². The molecule has 0 aliphatic carbocycles. The summed E-state index contributed by atoms with van der Waals surface area (Å²) in [5.41, 5.74) is 4.84. The van der Waals surface area contributed by atoms with E-state index >= 15 is 0 Å². The molecule has 3 heterocycles. The molecule has 0 spiro atoms. The van der Waals surface area contributed by atoms with E-state index in [4.69, 9.17) is 4.74 Å². The lowest BCUT2D eigenvalue weighted by atomic mass is 9.92. The zero-order valence-electron chi connectivity index (χ0n) is 20.1. The number of benzene rings is 2. The number of nitrogens with zero attached hydrogens (tertiary/aromatic N) is 4. The van der Waals surface area contributed by atoms with Gasteiger partial charge in [0, 0.05) is 54.9 Å². The number of ether oxygens (including phenoxy) is 1. The molecule has 1 N–H and O–H groups in total. The van der Waals surface area contributed by atoms with Crippen LogP contribution in [0.25, 0.3) is 11.1 Å². The molecule has 5 rings (SSSR count). The van der Waals surface area contributed by atoms with Crippen LogP contribution in [0.4, 0.5) is 25.0 Å². The third kappa shape index (κ3) is 4.42. The first-order valence-corrected chi connectivity index (χ1v) is 11.8. The number of rotatable bonds is 3. The van der Waals surface area contributed by atoms with Crippen LogP contribution in [0, 0.1) is 0 Å². The lowest BCUT2D eigenvalue weighted by Crippen LogP contribution is -2.41. The Morgan fingerprint density at radius 2 is 2.06 bits per heavy atom. The fraction of sp³-hybridized carbons (Fsp3) is 0.385. The Morgan fingerprint density at radius 3 is 2.77 bits per heavy atom. The van der Waals surface area contributed by atoms with Gasteiger partial charge >= 0.3 is 6.03 Å². The van der Waals surface area contributed by atoms with Crippen molar-refractivity contribution in [2.45, 2.75) is 38.8 Å². The minimum Gasteiger partial charge on any atom is -0.489 e. The van der Waals surface area contributed by atoms with Crippen LogP contribution < -0.4 is 15.0 Å². The molecule has 0 fully saturated rings. The van der Waals surface area contributed by atoms with Gasteiger partial charge in [0.2, 0.25) is 0 Å². The average Bonchev–Trinajstić information content (AvgIpc) is 3.20. The molecule has 35 heavy (non-hydrogen) atoms. The number of hydrogen-bond donors (Lipinski definition) is 1. The summed E-state index contributed by atoms with van der Waals surface area (Å²) >= 11 is 0. The molecule has 2 aromatic carbocycles. The highest BCUT2D eigenvalue weighted by Gasteiger charge is 2.27. The van der Waals surface area contributed by atoms with Gasteiger partial charge in [0.15, 0.2) is 0 Å². The van der Waals surface area contributed by atoms with Gasteiger partial charge in [-0.25, -0.2) is 13.6 Å². The van der Waals surface area contributed by atoms with Crippen molar-refractivity contribution in [2.75, 3.05) is 25.0 Å². The average molecular weight is 482 g/mol. The van der Waals surface area contributed by atoms with Crippen molar-refractivity contribution in [3.63, 3.8) is 0 Å². The van der Waals surface area contributed by atoms with Gasteiger partial charge in [0.1, 0.15) is 11.9 Å². The van der Waals surface area contributed by atoms with E-state index in [0.717, 1.165) is 47.6 Å². The molecule has 0 saturated carbocycles. The monoisotopic (exact) mass is 481 g/mol. The first kappa shape index (κ1) is 23.1. The van der Waals surface area contributed by atoms with Gasteiger partial charge in [-0.2, -0.15) is 5.10 Å². The van der Waals surface area contributed by atoms with Crippen molar-refractivity contribution in [1.82, 2.24) is 20.0 Å². The van der Waals surface area contributed by atoms with E-state index in [0.29, 0.717) is 24.2 Å². The number of alkyl halides is 2. The third-order valence-corrected chi connectivity index (χ3v) is 6.64. The van der Waals surface area contributed by atoms with Crippen molar-refractivity contribution in [3.05, 3.63) is 59.4 Å². The maximum atomic E-state index is 14.2. The molecule has 2 aliphatic heterocycles. The molecule has 3 aromatic rings. The van der Waals surface area contributed by atoms with Gasteiger partial charge in [-0.1, -0.05) is 0 Å². The molecule has 0 radical (unpaired) electrons. The Kier molecular flexibility index (Phi) is 6.08. The van der Waals surface area contributed by atoms with Crippen molar-refractivity contribution < 1.29 is 18.3 Å². The highest BCUT2D eigenvalue weighted by atomic mass is 19.3. The van der Waals surface area contributed by atoms with Crippen molar-refractivity contribution in [1.29, 1.82) is 0 Å².